The van der Waals surface area contributed by atoms with E-state index in [4.69, 9.17) is 11.6 Å². The van der Waals surface area contributed by atoms with Gasteiger partial charge in [0.25, 0.3) is 5.91 Å². The van der Waals surface area contributed by atoms with E-state index in [0.717, 1.165) is 18.2 Å². The molecule has 1 fully saturated rings. The summed E-state index contributed by atoms with van der Waals surface area (Å²) in [7, 11) is 0. The van der Waals surface area contributed by atoms with E-state index >= 15 is 0 Å². The molecule has 24 heavy (non-hydrogen) atoms. The van der Waals surface area contributed by atoms with E-state index < -0.39 is 0 Å². The maximum atomic E-state index is 12.4. The SMILES string of the molecule is O=C(CCNC(=O)c1ccc(Cl)c2cccnc12)NC1CCCC1. The Bertz CT molecular complexity index is 757. The minimum Gasteiger partial charge on any atom is -0.353 e. The summed E-state index contributed by atoms with van der Waals surface area (Å²) >= 11 is 6.14. The van der Waals surface area contributed by atoms with Crippen LogP contribution in [0.5, 0.6) is 0 Å². The molecule has 1 aliphatic rings. The van der Waals surface area contributed by atoms with Crippen LogP contribution < -0.4 is 10.6 Å². The van der Waals surface area contributed by atoms with Crippen molar-refractivity contribution in [2.24, 2.45) is 0 Å². The van der Waals surface area contributed by atoms with Gasteiger partial charge in [0.05, 0.1) is 16.1 Å². The Morgan fingerprint density at radius 2 is 2.00 bits per heavy atom. The second-order valence-electron chi connectivity index (χ2n) is 6.05. The lowest BCUT2D eigenvalue weighted by molar-refractivity contribution is -0.121. The maximum Gasteiger partial charge on any atom is 0.253 e. The van der Waals surface area contributed by atoms with Gasteiger partial charge in [-0.1, -0.05) is 24.4 Å². The molecule has 5 nitrogen and oxygen atoms in total. The predicted molar refractivity (Wildman–Crippen MR) is 94.1 cm³/mol. The number of rotatable bonds is 5. The highest BCUT2D eigenvalue weighted by Crippen LogP contribution is 2.24. The van der Waals surface area contributed by atoms with Crippen LogP contribution in [0.4, 0.5) is 0 Å². The lowest BCUT2D eigenvalue weighted by Gasteiger charge is -2.12. The minimum atomic E-state index is -0.246. The van der Waals surface area contributed by atoms with Crippen LogP contribution in [0.1, 0.15) is 42.5 Å². The van der Waals surface area contributed by atoms with Gasteiger partial charge in [0.15, 0.2) is 0 Å². The van der Waals surface area contributed by atoms with E-state index in [0.29, 0.717) is 28.7 Å². The number of pyridine rings is 1. The van der Waals surface area contributed by atoms with Crippen molar-refractivity contribution in [1.82, 2.24) is 15.6 Å². The summed E-state index contributed by atoms with van der Waals surface area (Å²) in [6, 6.07) is 7.26. The fourth-order valence-corrected chi connectivity index (χ4v) is 3.29. The van der Waals surface area contributed by atoms with E-state index in [1.807, 2.05) is 6.07 Å². The van der Waals surface area contributed by atoms with Crippen molar-refractivity contribution < 1.29 is 9.59 Å². The molecule has 1 aromatic carbocycles. The highest BCUT2D eigenvalue weighted by atomic mass is 35.5. The number of fused-ring (bicyclic) bond motifs is 1. The van der Waals surface area contributed by atoms with Crippen molar-refractivity contribution in [2.45, 2.75) is 38.1 Å². The van der Waals surface area contributed by atoms with Gasteiger partial charge in [-0.25, -0.2) is 0 Å². The van der Waals surface area contributed by atoms with Gasteiger partial charge in [-0.15, -0.1) is 0 Å². The second-order valence-corrected chi connectivity index (χ2v) is 6.46. The molecule has 0 radical (unpaired) electrons. The summed E-state index contributed by atoms with van der Waals surface area (Å²) in [6.07, 6.45) is 6.38. The molecule has 0 spiro atoms. The third-order valence-electron chi connectivity index (χ3n) is 4.32. The molecule has 6 heteroatoms. The molecule has 2 aromatic rings. The molecule has 0 aliphatic heterocycles. The Kier molecular flexibility index (Phi) is 5.30. The molecule has 3 rings (SSSR count). The summed E-state index contributed by atoms with van der Waals surface area (Å²) < 4.78 is 0. The first kappa shape index (κ1) is 16.7. The minimum absolute atomic E-state index is 0.0127. The van der Waals surface area contributed by atoms with Crippen LogP contribution >= 0.6 is 11.6 Å². The molecule has 1 aromatic heterocycles. The molecule has 0 saturated heterocycles. The largest absolute Gasteiger partial charge is 0.353 e. The van der Waals surface area contributed by atoms with E-state index in [1.165, 1.54) is 12.8 Å². The van der Waals surface area contributed by atoms with Crippen molar-refractivity contribution >= 4 is 34.3 Å². The van der Waals surface area contributed by atoms with Gasteiger partial charge in [-0.3, -0.25) is 14.6 Å². The average Bonchev–Trinajstić information content (AvgIpc) is 3.08. The van der Waals surface area contributed by atoms with Gasteiger partial charge >= 0.3 is 0 Å². The fourth-order valence-electron chi connectivity index (χ4n) is 3.08. The number of amides is 2. The van der Waals surface area contributed by atoms with Crippen LogP contribution in [0.3, 0.4) is 0 Å². The van der Waals surface area contributed by atoms with Gasteiger partial charge in [0.2, 0.25) is 5.91 Å². The standard InChI is InChI=1S/C18H20ClN3O2/c19-15-8-7-14(17-13(15)6-3-10-20-17)18(24)21-11-9-16(23)22-12-4-1-2-5-12/h3,6-8,10,12H,1-2,4-5,9,11H2,(H,21,24)(H,22,23). The lowest BCUT2D eigenvalue weighted by atomic mass is 10.1. The van der Waals surface area contributed by atoms with Gasteiger partial charge in [-0.2, -0.15) is 0 Å². The lowest BCUT2D eigenvalue weighted by Crippen LogP contribution is -2.35. The first-order chi connectivity index (χ1) is 11.6. The van der Waals surface area contributed by atoms with Gasteiger partial charge in [0, 0.05) is 30.6 Å². The van der Waals surface area contributed by atoms with E-state index in [9.17, 15) is 9.59 Å². The smallest absolute Gasteiger partial charge is 0.253 e. The Morgan fingerprint density at radius 1 is 1.21 bits per heavy atom. The van der Waals surface area contributed by atoms with E-state index in [1.54, 1.807) is 24.4 Å². The molecule has 126 valence electrons. The third-order valence-corrected chi connectivity index (χ3v) is 4.65. The Hall–Kier alpha value is -2.14. The zero-order chi connectivity index (χ0) is 16.9. The predicted octanol–water partition coefficient (Wildman–Crippen LogP) is 3.07. The van der Waals surface area contributed by atoms with Gasteiger partial charge in [0.1, 0.15) is 0 Å². The first-order valence-corrected chi connectivity index (χ1v) is 8.64. The molecule has 2 amide bonds. The number of aromatic nitrogens is 1. The summed E-state index contributed by atoms with van der Waals surface area (Å²) in [4.78, 5) is 28.5. The number of carbonyl (C=O) groups is 2. The number of nitrogens with zero attached hydrogens (tertiary/aromatic N) is 1. The van der Waals surface area contributed by atoms with E-state index in [2.05, 4.69) is 15.6 Å². The topological polar surface area (TPSA) is 71.1 Å². The molecular weight excluding hydrogens is 326 g/mol. The maximum absolute atomic E-state index is 12.4. The number of hydrogen-bond donors (Lipinski definition) is 2. The van der Waals surface area contributed by atoms with Gasteiger partial charge in [-0.05, 0) is 37.1 Å². The average molecular weight is 346 g/mol. The number of halogens is 1. The van der Waals surface area contributed by atoms with Crippen molar-refractivity contribution in [3.8, 4) is 0 Å². The molecule has 1 aliphatic carbocycles. The highest BCUT2D eigenvalue weighted by molar-refractivity contribution is 6.36. The van der Waals surface area contributed by atoms with Crippen molar-refractivity contribution in [2.75, 3.05) is 6.54 Å². The summed E-state index contributed by atoms with van der Waals surface area (Å²) in [5.41, 5.74) is 1.03. The summed E-state index contributed by atoms with van der Waals surface area (Å²) in [5.74, 6) is -0.259. The van der Waals surface area contributed by atoms with Crippen LogP contribution in [-0.4, -0.2) is 29.4 Å². The summed E-state index contributed by atoms with van der Waals surface area (Å²) in [5, 5.41) is 7.10. The van der Waals surface area contributed by atoms with E-state index in [-0.39, 0.29) is 18.2 Å². The number of nitrogens with one attached hydrogen (secondary N) is 2. The van der Waals surface area contributed by atoms with Crippen LogP contribution in [0.15, 0.2) is 30.5 Å². The van der Waals surface area contributed by atoms with Crippen LogP contribution in [-0.2, 0) is 4.79 Å². The number of carbonyl (C=O) groups excluding carboxylic acids is 2. The monoisotopic (exact) mass is 345 g/mol. The summed E-state index contributed by atoms with van der Waals surface area (Å²) in [6.45, 7) is 0.300. The molecule has 2 N–H and O–H groups in total. The molecule has 0 atom stereocenters. The molecule has 0 bridgehead atoms. The number of hydrogen-bond acceptors (Lipinski definition) is 3. The molecular formula is C18H20ClN3O2. The van der Waals surface area contributed by atoms with Crippen molar-refractivity contribution in [1.29, 1.82) is 0 Å². The van der Waals surface area contributed by atoms with Crippen molar-refractivity contribution in [3.05, 3.63) is 41.0 Å². The zero-order valence-electron chi connectivity index (χ0n) is 13.3. The third kappa shape index (κ3) is 3.85. The molecule has 0 unspecified atom stereocenters. The Labute approximate surface area is 145 Å². The van der Waals surface area contributed by atoms with Crippen LogP contribution in [0, 0.1) is 0 Å². The normalized spacial score (nSPS) is 14.7. The Balaban J connectivity index is 1.57. The molecule has 1 saturated carbocycles. The van der Waals surface area contributed by atoms with Gasteiger partial charge < -0.3 is 10.6 Å². The highest BCUT2D eigenvalue weighted by Gasteiger charge is 2.17. The quantitative estimate of drug-likeness (QED) is 0.874. The Morgan fingerprint density at radius 3 is 2.79 bits per heavy atom. The first-order valence-electron chi connectivity index (χ1n) is 8.26. The number of benzene rings is 1. The second kappa shape index (κ2) is 7.62. The molecule has 1 heterocycles. The zero-order valence-corrected chi connectivity index (χ0v) is 14.1. The van der Waals surface area contributed by atoms with Crippen LogP contribution in [0.25, 0.3) is 10.9 Å². The fraction of sp³-hybridized carbons (Fsp3) is 0.389. The van der Waals surface area contributed by atoms with Crippen LogP contribution in [0.2, 0.25) is 5.02 Å². The van der Waals surface area contributed by atoms with Crippen molar-refractivity contribution in [3.63, 3.8) is 0 Å².